The Morgan fingerprint density at radius 3 is 2.67 bits per heavy atom. The van der Waals surface area contributed by atoms with Gasteiger partial charge in [0.15, 0.2) is 0 Å². The molecule has 114 valence electrons. The van der Waals surface area contributed by atoms with E-state index in [1.807, 2.05) is 30.3 Å². The van der Waals surface area contributed by atoms with Gasteiger partial charge in [0, 0.05) is 0 Å². The Kier molecular flexibility index (Phi) is 4.83. The van der Waals surface area contributed by atoms with Crippen LogP contribution in [0.25, 0.3) is 0 Å². The zero-order chi connectivity index (χ0) is 15.3. The molecule has 2 atom stereocenters. The van der Waals surface area contributed by atoms with Crippen molar-refractivity contribution in [1.82, 2.24) is 5.32 Å². The van der Waals surface area contributed by atoms with Crippen LogP contribution < -0.4 is 5.32 Å². The topological polar surface area (TPSA) is 75.6 Å². The lowest BCUT2D eigenvalue weighted by atomic mass is 9.92. The van der Waals surface area contributed by atoms with Crippen LogP contribution in [0.2, 0.25) is 0 Å². The molecule has 1 aromatic carbocycles. The minimum Gasteiger partial charge on any atom is -0.481 e. The van der Waals surface area contributed by atoms with Gasteiger partial charge >= 0.3 is 12.1 Å². The van der Waals surface area contributed by atoms with Gasteiger partial charge in [-0.25, -0.2) is 4.79 Å². The number of carboxylic acids is 1. The first kappa shape index (κ1) is 15.4. The average Bonchev–Trinajstić information content (AvgIpc) is 2.77. The molecule has 0 aliphatic heterocycles. The highest BCUT2D eigenvalue weighted by molar-refractivity contribution is 5.72. The minimum atomic E-state index is -0.896. The van der Waals surface area contributed by atoms with Crippen LogP contribution in [0.4, 0.5) is 4.79 Å². The molecule has 5 nitrogen and oxygen atoms in total. The molecule has 5 heteroatoms. The van der Waals surface area contributed by atoms with Crippen molar-refractivity contribution in [2.24, 2.45) is 5.92 Å². The van der Waals surface area contributed by atoms with Crippen molar-refractivity contribution in [1.29, 1.82) is 0 Å². The molecule has 1 amide bonds. The molecule has 2 rings (SSSR count). The van der Waals surface area contributed by atoms with Crippen LogP contribution in [0.5, 0.6) is 0 Å². The highest BCUT2D eigenvalue weighted by Crippen LogP contribution is 2.36. The van der Waals surface area contributed by atoms with Crippen molar-refractivity contribution in [3.63, 3.8) is 0 Å². The first-order valence-corrected chi connectivity index (χ1v) is 7.20. The Hall–Kier alpha value is -2.04. The Bertz CT molecular complexity index is 502. The molecular weight excluding hydrogens is 270 g/mol. The van der Waals surface area contributed by atoms with Crippen molar-refractivity contribution in [3.05, 3.63) is 35.9 Å². The predicted molar refractivity (Wildman–Crippen MR) is 77.8 cm³/mol. The van der Waals surface area contributed by atoms with Crippen molar-refractivity contribution < 1.29 is 19.4 Å². The number of nitrogens with one attached hydrogen (secondary N) is 1. The number of hydrogen-bond donors (Lipinski definition) is 2. The Morgan fingerprint density at radius 2 is 2.10 bits per heavy atom. The zero-order valence-electron chi connectivity index (χ0n) is 12.2. The molecule has 0 spiro atoms. The quantitative estimate of drug-likeness (QED) is 0.874. The number of rotatable bonds is 5. The van der Waals surface area contributed by atoms with Gasteiger partial charge in [-0.05, 0) is 30.7 Å². The molecule has 0 heterocycles. The molecule has 2 N–H and O–H groups in total. The molecular formula is C16H21NO4. The first-order chi connectivity index (χ1) is 9.99. The molecule has 1 aliphatic rings. The van der Waals surface area contributed by atoms with Crippen LogP contribution >= 0.6 is 0 Å². The number of carbonyl (C=O) groups is 2. The highest BCUT2D eigenvalue weighted by Gasteiger charge is 2.41. The number of carboxylic acid groups (broad SMARTS) is 1. The van der Waals surface area contributed by atoms with Gasteiger partial charge in [0.05, 0.1) is 12.0 Å². The lowest BCUT2D eigenvalue weighted by molar-refractivity contribution is -0.138. The van der Waals surface area contributed by atoms with E-state index < -0.39 is 17.6 Å². The normalized spacial score (nSPS) is 24.5. The molecule has 0 saturated heterocycles. The summed E-state index contributed by atoms with van der Waals surface area (Å²) in [6.07, 6.45) is 1.68. The van der Waals surface area contributed by atoms with Crippen LogP contribution in [0.3, 0.4) is 0 Å². The van der Waals surface area contributed by atoms with Crippen LogP contribution in [-0.2, 0) is 16.1 Å². The van der Waals surface area contributed by atoms with E-state index in [9.17, 15) is 9.59 Å². The molecule has 1 fully saturated rings. The SMILES string of the molecule is CC1CCC(CC(=O)O)(NC(=O)OCc2ccccc2)C1. The number of amides is 1. The Balaban J connectivity index is 1.91. The maximum atomic E-state index is 11.9. The number of hydrogen-bond acceptors (Lipinski definition) is 3. The summed E-state index contributed by atoms with van der Waals surface area (Å²) in [7, 11) is 0. The van der Waals surface area contributed by atoms with Crippen molar-refractivity contribution in [2.75, 3.05) is 0 Å². The maximum absolute atomic E-state index is 11.9. The Labute approximate surface area is 124 Å². The third kappa shape index (κ3) is 4.48. The summed E-state index contributed by atoms with van der Waals surface area (Å²) in [5, 5.41) is 11.8. The summed E-state index contributed by atoms with van der Waals surface area (Å²) in [4.78, 5) is 23.0. The molecule has 1 aromatic rings. The number of aliphatic carboxylic acids is 1. The van der Waals surface area contributed by atoms with Gasteiger partial charge in [0.2, 0.25) is 0 Å². The van der Waals surface area contributed by atoms with E-state index in [0.29, 0.717) is 18.8 Å². The van der Waals surface area contributed by atoms with E-state index in [0.717, 1.165) is 12.0 Å². The molecule has 21 heavy (non-hydrogen) atoms. The largest absolute Gasteiger partial charge is 0.481 e. The number of carbonyl (C=O) groups excluding carboxylic acids is 1. The second-order valence-electron chi connectivity index (χ2n) is 5.89. The van der Waals surface area contributed by atoms with Crippen molar-refractivity contribution in [3.8, 4) is 0 Å². The van der Waals surface area contributed by atoms with Gasteiger partial charge in [0.1, 0.15) is 6.61 Å². The van der Waals surface area contributed by atoms with Gasteiger partial charge in [0.25, 0.3) is 0 Å². The van der Waals surface area contributed by atoms with E-state index in [-0.39, 0.29) is 13.0 Å². The van der Waals surface area contributed by atoms with E-state index in [2.05, 4.69) is 12.2 Å². The Morgan fingerprint density at radius 1 is 1.38 bits per heavy atom. The molecule has 2 unspecified atom stereocenters. The van der Waals surface area contributed by atoms with E-state index >= 15 is 0 Å². The number of alkyl carbamates (subject to hydrolysis) is 1. The van der Waals surface area contributed by atoms with Gasteiger partial charge < -0.3 is 15.2 Å². The smallest absolute Gasteiger partial charge is 0.407 e. The van der Waals surface area contributed by atoms with Crippen molar-refractivity contribution in [2.45, 2.75) is 44.8 Å². The van der Waals surface area contributed by atoms with Crippen LogP contribution in [0.1, 0.15) is 38.2 Å². The minimum absolute atomic E-state index is 0.0578. The second kappa shape index (κ2) is 6.61. The molecule has 1 aliphatic carbocycles. The standard InChI is InChI=1S/C16H21NO4/c1-12-7-8-16(9-12,10-14(18)19)17-15(20)21-11-13-5-3-2-4-6-13/h2-6,12H,7-11H2,1H3,(H,17,20)(H,18,19). The summed E-state index contributed by atoms with van der Waals surface area (Å²) in [5.74, 6) is -0.480. The second-order valence-corrected chi connectivity index (χ2v) is 5.89. The molecule has 0 radical (unpaired) electrons. The highest BCUT2D eigenvalue weighted by atomic mass is 16.5. The summed E-state index contributed by atoms with van der Waals surface area (Å²) >= 11 is 0. The van der Waals surface area contributed by atoms with Crippen LogP contribution in [-0.4, -0.2) is 22.7 Å². The molecule has 0 aromatic heterocycles. The van der Waals surface area contributed by atoms with Crippen molar-refractivity contribution >= 4 is 12.1 Å². The fourth-order valence-electron chi connectivity index (χ4n) is 2.98. The average molecular weight is 291 g/mol. The van der Waals surface area contributed by atoms with Crippen LogP contribution in [0, 0.1) is 5.92 Å². The lowest BCUT2D eigenvalue weighted by Gasteiger charge is -2.28. The third-order valence-corrected chi connectivity index (χ3v) is 3.92. The lowest BCUT2D eigenvalue weighted by Crippen LogP contribution is -2.48. The van der Waals surface area contributed by atoms with Crippen LogP contribution in [0.15, 0.2) is 30.3 Å². The van der Waals surface area contributed by atoms with E-state index in [1.165, 1.54) is 0 Å². The molecule has 1 saturated carbocycles. The first-order valence-electron chi connectivity index (χ1n) is 7.20. The fourth-order valence-corrected chi connectivity index (χ4v) is 2.98. The summed E-state index contributed by atoms with van der Waals surface area (Å²) in [6, 6.07) is 9.39. The maximum Gasteiger partial charge on any atom is 0.407 e. The van der Waals surface area contributed by atoms with E-state index in [4.69, 9.17) is 9.84 Å². The van der Waals surface area contributed by atoms with E-state index in [1.54, 1.807) is 0 Å². The van der Waals surface area contributed by atoms with Gasteiger partial charge in [-0.15, -0.1) is 0 Å². The number of ether oxygens (including phenoxy) is 1. The van der Waals surface area contributed by atoms with Gasteiger partial charge in [-0.3, -0.25) is 4.79 Å². The molecule has 0 bridgehead atoms. The van der Waals surface area contributed by atoms with Gasteiger partial charge in [-0.2, -0.15) is 0 Å². The van der Waals surface area contributed by atoms with Gasteiger partial charge in [-0.1, -0.05) is 37.3 Å². The fraction of sp³-hybridized carbons (Fsp3) is 0.500. The summed E-state index contributed by atoms with van der Waals surface area (Å²) in [6.45, 7) is 2.26. The predicted octanol–water partition coefficient (Wildman–Crippen LogP) is 2.95. The zero-order valence-corrected chi connectivity index (χ0v) is 12.2. The summed E-state index contributed by atoms with van der Waals surface area (Å²) < 4.78 is 5.19. The summed E-state index contributed by atoms with van der Waals surface area (Å²) in [5.41, 5.74) is 0.235. The number of benzene rings is 1. The monoisotopic (exact) mass is 291 g/mol. The third-order valence-electron chi connectivity index (χ3n) is 3.92.